The van der Waals surface area contributed by atoms with Gasteiger partial charge in [-0.2, -0.15) is 0 Å². The molecule has 1 amide bonds. The minimum atomic E-state index is -0.842. The number of nitrogens with one attached hydrogen (secondary N) is 1. The minimum absolute atomic E-state index is 0.0194. The Kier molecular flexibility index (Phi) is 6.10. The van der Waals surface area contributed by atoms with Gasteiger partial charge in [0.15, 0.2) is 6.61 Å². The van der Waals surface area contributed by atoms with Crippen molar-refractivity contribution in [1.29, 1.82) is 0 Å². The highest BCUT2D eigenvalue weighted by atomic mass is 16.6. The summed E-state index contributed by atoms with van der Waals surface area (Å²) in [6, 6.07) is 9.85. The zero-order chi connectivity index (χ0) is 19.1. The molecule has 0 aliphatic heterocycles. The third kappa shape index (κ3) is 4.69. The largest absolute Gasteiger partial charge is 0.497 e. The molecule has 0 unspecified atom stereocenters. The van der Waals surface area contributed by atoms with Crippen LogP contribution >= 0.6 is 0 Å². The molecule has 0 aliphatic carbocycles. The van der Waals surface area contributed by atoms with Crippen LogP contribution in [0.3, 0.4) is 0 Å². The topological polar surface area (TPSA) is 117 Å². The second kappa shape index (κ2) is 8.47. The molecule has 0 saturated carbocycles. The van der Waals surface area contributed by atoms with E-state index >= 15 is 0 Å². The number of rotatable bonds is 7. The Morgan fingerprint density at radius 2 is 1.88 bits per heavy atom. The van der Waals surface area contributed by atoms with Crippen LogP contribution in [0, 0.1) is 10.1 Å². The molecule has 2 aromatic rings. The van der Waals surface area contributed by atoms with Crippen LogP contribution < -0.4 is 14.8 Å². The first kappa shape index (κ1) is 18.7. The number of esters is 1. The van der Waals surface area contributed by atoms with Crippen LogP contribution in [0.5, 0.6) is 11.5 Å². The number of non-ortho nitro benzene ring substituents is 1. The van der Waals surface area contributed by atoms with Gasteiger partial charge in [0.25, 0.3) is 11.6 Å². The second-order valence-electron chi connectivity index (χ2n) is 5.00. The Balaban J connectivity index is 1.97. The summed E-state index contributed by atoms with van der Waals surface area (Å²) in [7, 11) is 2.94. The van der Waals surface area contributed by atoms with E-state index in [4.69, 9.17) is 14.2 Å². The van der Waals surface area contributed by atoms with Gasteiger partial charge in [-0.25, -0.2) is 4.79 Å². The van der Waals surface area contributed by atoms with Crippen LogP contribution in [0.15, 0.2) is 42.5 Å². The average molecular weight is 360 g/mol. The number of anilines is 1. The molecule has 0 radical (unpaired) electrons. The van der Waals surface area contributed by atoms with Crippen molar-refractivity contribution in [3.8, 4) is 11.5 Å². The number of benzene rings is 2. The van der Waals surface area contributed by atoms with Gasteiger partial charge in [0.1, 0.15) is 11.5 Å². The van der Waals surface area contributed by atoms with E-state index in [9.17, 15) is 19.7 Å². The van der Waals surface area contributed by atoms with Gasteiger partial charge in [-0.15, -0.1) is 0 Å². The fourth-order valence-corrected chi connectivity index (χ4v) is 2.05. The van der Waals surface area contributed by atoms with Crippen molar-refractivity contribution < 1.29 is 28.7 Å². The summed E-state index contributed by atoms with van der Waals surface area (Å²) in [5.41, 5.74) is 0.116. The van der Waals surface area contributed by atoms with Crippen molar-refractivity contribution in [3.05, 3.63) is 58.1 Å². The number of methoxy groups -OCH3 is 2. The lowest BCUT2D eigenvalue weighted by Gasteiger charge is -2.11. The molecule has 9 heteroatoms. The van der Waals surface area contributed by atoms with Crippen LogP contribution in [0.4, 0.5) is 11.4 Å². The summed E-state index contributed by atoms with van der Waals surface area (Å²) in [6.07, 6.45) is 0. The molecule has 0 bridgehead atoms. The summed E-state index contributed by atoms with van der Waals surface area (Å²) in [4.78, 5) is 34.0. The summed E-state index contributed by atoms with van der Waals surface area (Å²) in [6.45, 7) is -0.559. The van der Waals surface area contributed by atoms with E-state index in [1.807, 2.05) is 0 Å². The zero-order valence-corrected chi connectivity index (χ0v) is 14.1. The van der Waals surface area contributed by atoms with Crippen molar-refractivity contribution >= 4 is 23.3 Å². The molecule has 0 atom stereocenters. The number of amides is 1. The highest BCUT2D eigenvalue weighted by Gasteiger charge is 2.15. The molecule has 0 heterocycles. The fraction of sp³-hybridized carbons (Fsp3) is 0.176. The van der Waals surface area contributed by atoms with E-state index in [-0.39, 0.29) is 11.3 Å². The SMILES string of the molecule is COc1ccc(NC(=O)COC(=O)c2cccc([N+](=O)[O-])c2)c(OC)c1. The number of nitro benzene ring substituents is 1. The number of ether oxygens (including phenoxy) is 3. The van der Waals surface area contributed by atoms with E-state index in [0.29, 0.717) is 17.2 Å². The third-order valence-electron chi connectivity index (χ3n) is 3.31. The molecule has 0 aliphatic rings. The Hall–Kier alpha value is -3.62. The van der Waals surface area contributed by atoms with Gasteiger partial charge in [-0.3, -0.25) is 14.9 Å². The first-order valence-electron chi connectivity index (χ1n) is 7.38. The van der Waals surface area contributed by atoms with E-state index < -0.39 is 23.4 Å². The Morgan fingerprint density at radius 3 is 2.54 bits per heavy atom. The minimum Gasteiger partial charge on any atom is -0.497 e. The van der Waals surface area contributed by atoms with Crippen molar-refractivity contribution in [2.75, 3.05) is 26.1 Å². The molecule has 136 valence electrons. The smallest absolute Gasteiger partial charge is 0.338 e. The number of hydrogen-bond acceptors (Lipinski definition) is 7. The molecule has 26 heavy (non-hydrogen) atoms. The Labute approximate surface area is 148 Å². The first-order chi connectivity index (χ1) is 12.4. The van der Waals surface area contributed by atoms with E-state index in [0.717, 1.165) is 6.07 Å². The van der Waals surface area contributed by atoms with Gasteiger partial charge in [0.05, 0.1) is 30.4 Å². The summed E-state index contributed by atoms with van der Waals surface area (Å²) in [5, 5.41) is 13.3. The normalized spacial score (nSPS) is 9.92. The molecule has 2 aromatic carbocycles. The Morgan fingerprint density at radius 1 is 1.12 bits per heavy atom. The van der Waals surface area contributed by atoms with Crippen molar-refractivity contribution in [2.45, 2.75) is 0 Å². The maximum atomic E-state index is 12.0. The first-order valence-corrected chi connectivity index (χ1v) is 7.38. The lowest BCUT2D eigenvalue weighted by Crippen LogP contribution is -2.21. The van der Waals surface area contributed by atoms with Gasteiger partial charge >= 0.3 is 5.97 Å². The standard InChI is InChI=1S/C17H16N2O7/c1-24-13-6-7-14(15(9-13)25-2)18-16(20)10-26-17(21)11-4-3-5-12(8-11)19(22)23/h3-9H,10H2,1-2H3,(H,18,20). The van der Waals surface area contributed by atoms with Crippen LogP contribution in [0.1, 0.15) is 10.4 Å². The third-order valence-corrected chi connectivity index (χ3v) is 3.31. The van der Waals surface area contributed by atoms with Gasteiger partial charge in [0, 0.05) is 18.2 Å². The maximum absolute atomic E-state index is 12.0. The number of hydrogen-bond donors (Lipinski definition) is 1. The average Bonchev–Trinajstić information content (AvgIpc) is 2.66. The highest BCUT2D eigenvalue weighted by molar-refractivity contribution is 5.96. The van der Waals surface area contributed by atoms with Crippen LogP contribution in [0.25, 0.3) is 0 Å². The number of nitrogens with zero attached hydrogens (tertiary/aromatic N) is 1. The number of nitro groups is 1. The monoisotopic (exact) mass is 360 g/mol. The summed E-state index contributed by atoms with van der Waals surface area (Å²) < 4.78 is 15.1. The van der Waals surface area contributed by atoms with E-state index in [1.54, 1.807) is 18.2 Å². The van der Waals surface area contributed by atoms with Crippen molar-refractivity contribution in [1.82, 2.24) is 0 Å². The van der Waals surface area contributed by atoms with E-state index in [2.05, 4.69) is 5.32 Å². The maximum Gasteiger partial charge on any atom is 0.338 e. The van der Waals surface area contributed by atoms with Gasteiger partial charge in [-0.05, 0) is 18.2 Å². The van der Waals surface area contributed by atoms with Gasteiger partial charge in [-0.1, -0.05) is 6.07 Å². The Bertz CT molecular complexity index is 836. The van der Waals surface area contributed by atoms with Gasteiger partial charge < -0.3 is 19.5 Å². The molecular formula is C17H16N2O7. The molecular weight excluding hydrogens is 344 g/mol. The summed E-state index contributed by atoms with van der Waals surface area (Å²) in [5.74, 6) is -0.502. The molecule has 1 N–H and O–H groups in total. The molecule has 0 fully saturated rings. The summed E-state index contributed by atoms with van der Waals surface area (Å²) >= 11 is 0. The second-order valence-corrected chi connectivity index (χ2v) is 5.00. The molecule has 0 saturated heterocycles. The number of carbonyl (C=O) groups is 2. The predicted molar refractivity (Wildman–Crippen MR) is 91.6 cm³/mol. The van der Waals surface area contributed by atoms with E-state index in [1.165, 1.54) is 32.4 Å². The quantitative estimate of drug-likeness (QED) is 0.458. The van der Waals surface area contributed by atoms with Crippen molar-refractivity contribution in [2.24, 2.45) is 0 Å². The van der Waals surface area contributed by atoms with Crippen LogP contribution in [0.2, 0.25) is 0 Å². The molecule has 0 spiro atoms. The van der Waals surface area contributed by atoms with Crippen LogP contribution in [-0.4, -0.2) is 37.6 Å². The lowest BCUT2D eigenvalue weighted by molar-refractivity contribution is -0.384. The molecule has 9 nitrogen and oxygen atoms in total. The van der Waals surface area contributed by atoms with Crippen molar-refractivity contribution in [3.63, 3.8) is 0 Å². The molecule has 2 rings (SSSR count). The van der Waals surface area contributed by atoms with Gasteiger partial charge in [0.2, 0.25) is 0 Å². The lowest BCUT2D eigenvalue weighted by atomic mass is 10.2. The van der Waals surface area contributed by atoms with Crippen LogP contribution in [-0.2, 0) is 9.53 Å². The fourth-order valence-electron chi connectivity index (χ4n) is 2.05. The highest BCUT2D eigenvalue weighted by Crippen LogP contribution is 2.28. The number of carbonyl (C=O) groups excluding carboxylic acids is 2. The predicted octanol–water partition coefficient (Wildman–Crippen LogP) is 2.41. The molecule has 0 aromatic heterocycles. The zero-order valence-electron chi connectivity index (χ0n) is 14.1.